The molecule has 0 aliphatic carbocycles. The van der Waals surface area contributed by atoms with Crippen molar-refractivity contribution < 1.29 is 14.0 Å². The SMILES string of the molecule is CCC(=O)N[C@H](Cc1ccc(N)c(F)c1)C(=O)N1CCN(C)CC1. The minimum Gasteiger partial charge on any atom is -0.396 e. The van der Waals surface area contributed by atoms with Gasteiger partial charge in [-0.1, -0.05) is 13.0 Å². The molecule has 0 bridgehead atoms. The summed E-state index contributed by atoms with van der Waals surface area (Å²) in [6.07, 6.45) is 0.538. The predicted molar refractivity (Wildman–Crippen MR) is 90.8 cm³/mol. The Morgan fingerprint density at radius 1 is 1.29 bits per heavy atom. The predicted octanol–water partition coefficient (Wildman–Crippen LogP) is 0.619. The van der Waals surface area contributed by atoms with Gasteiger partial charge in [-0.3, -0.25) is 9.59 Å². The number of rotatable bonds is 5. The number of hydrogen-bond donors (Lipinski definition) is 2. The number of amides is 2. The molecular weight excluding hydrogens is 311 g/mol. The zero-order valence-corrected chi connectivity index (χ0v) is 14.2. The molecule has 1 aromatic carbocycles. The third-order valence-electron chi connectivity index (χ3n) is 4.27. The van der Waals surface area contributed by atoms with Gasteiger partial charge >= 0.3 is 0 Å². The van der Waals surface area contributed by atoms with Crippen molar-refractivity contribution in [3.05, 3.63) is 29.6 Å². The number of anilines is 1. The lowest BCUT2D eigenvalue weighted by atomic mass is 10.0. The van der Waals surface area contributed by atoms with E-state index < -0.39 is 11.9 Å². The lowest BCUT2D eigenvalue weighted by Gasteiger charge is -2.34. The summed E-state index contributed by atoms with van der Waals surface area (Å²) >= 11 is 0. The first-order valence-electron chi connectivity index (χ1n) is 8.21. The minimum absolute atomic E-state index is 0.0679. The van der Waals surface area contributed by atoms with E-state index in [-0.39, 0.29) is 23.9 Å². The molecule has 1 aromatic rings. The zero-order chi connectivity index (χ0) is 17.7. The number of nitrogens with zero attached hydrogens (tertiary/aromatic N) is 2. The number of nitrogens with one attached hydrogen (secondary N) is 1. The summed E-state index contributed by atoms with van der Waals surface area (Å²) < 4.78 is 13.6. The van der Waals surface area contributed by atoms with E-state index >= 15 is 0 Å². The summed E-state index contributed by atoms with van der Waals surface area (Å²) in [4.78, 5) is 28.5. The Kier molecular flexibility index (Phi) is 6.14. The smallest absolute Gasteiger partial charge is 0.245 e. The number of hydrogen-bond acceptors (Lipinski definition) is 4. The van der Waals surface area contributed by atoms with Crippen molar-refractivity contribution in [3.63, 3.8) is 0 Å². The number of carbonyl (C=O) groups excluding carboxylic acids is 2. The monoisotopic (exact) mass is 336 g/mol. The van der Waals surface area contributed by atoms with Gasteiger partial charge in [0.15, 0.2) is 0 Å². The van der Waals surface area contributed by atoms with Gasteiger partial charge in [-0.25, -0.2) is 4.39 Å². The van der Waals surface area contributed by atoms with Gasteiger partial charge in [0.05, 0.1) is 5.69 Å². The molecule has 1 atom stereocenters. The van der Waals surface area contributed by atoms with Crippen LogP contribution in [-0.4, -0.2) is 60.9 Å². The van der Waals surface area contributed by atoms with Crippen LogP contribution in [0.25, 0.3) is 0 Å². The summed E-state index contributed by atoms with van der Waals surface area (Å²) in [5.41, 5.74) is 6.18. The summed E-state index contributed by atoms with van der Waals surface area (Å²) in [5, 5.41) is 2.76. The van der Waals surface area contributed by atoms with Crippen molar-refractivity contribution in [1.82, 2.24) is 15.1 Å². The van der Waals surface area contributed by atoms with Crippen LogP contribution >= 0.6 is 0 Å². The zero-order valence-electron chi connectivity index (χ0n) is 14.2. The summed E-state index contributed by atoms with van der Waals surface area (Å²) in [7, 11) is 2.01. The molecule has 1 heterocycles. The van der Waals surface area contributed by atoms with E-state index in [9.17, 15) is 14.0 Å². The quantitative estimate of drug-likeness (QED) is 0.773. The van der Waals surface area contributed by atoms with Crippen LogP contribution in [0.3, 0.4) is 0 Å². The topological polar surface area (TPSA) is 78.7 Å². The maximum absolute atomic E-state index is 13.6. The van der Waals surface area contributed by atoms with Crippen LogP contribution in [0.1, 0.15) is 18.9 Å². The van der Waals surface area contributed by atoms with Crippen molar-refractivity contribution >= 4 is 17.5 Å². The highest BCUT2D eigenvalue weighted by atomic mass is 19.1. The minimum atomic E-state index is -0.691. The fraction of sp³-hybridized carbons (Fsp3) is 0.529. The normalized spacial score (nSPS) is 16.7. The first-order valence-corrected chi connectivity index (χ1v) is 8.21. The summed E-state index contributed by atoms with van der Waals surface area (Å²) in [6.45, 7) is 4.59. The Labute approximate surface area is 141 Å². The van der Waals surface area contributed by atoms with E-state index in [1.54, 1.807) is 17.9 Å². The third kappa shape index (κ3) is 4.67. The molecule has 2 amide bonds. The van der Waals surface area contributed by atoms with Crippen LogP contribution in [0.15, 0.2) is 18.2 Å². The number of halogens is 1. The maximum Gasteiger partial charge on any atom is 0.245 e. The second-order valence-corrected chi connectivity index (χ2v) is 6.16. The van der Waals surface area contributed by atoms with Crippen molar-refractivity contribution in [2.24, 2.45) is 0 Å². The van der Waals surface area contributed by atoms with E-state index in [4.69, 9.17) is 5.73 Å². The van der Waals surface area contributed by atoms with Crippen LogP contribution in [-0.2, 0) is 16.0 Å². The fourth-order valence-electron chi connectivity index (χ4n) is 2.68. The van der Waals surface area contributed by atoms with Gasteiger partial charge < -0.3 is 20.9 Å². The van der Waals surface area contributed by atoms with Crippen LogP contribution in [0.5, 0.6) is 0 Å². The molecule has 0 radical (unpaired) electrons. The molecule has 132 valence electrons. The standard InChI is InChI=1S/C17H25FN4O2/c1-3-16(23)20-15(11-12-4-5-14(19)13(18)10-12)17(24)22-8-6-21(2)7-9-22/h4-5,10,15H,3,6-9,11,19H2,1-2H3,(H,20,23)/t15-/m1/s1. The molecule has 0 unspecified atom stereocenters. The number of nitrogens with two attached hydrogens (primary N) is 1. The number of carbonyl (C=O) groups is 2. The Morgan fingerprint density at radius 3 is 2.54 bits per heavy atom. The number of benzene rings is 1. The van der Waals surface area contributed by atoms with Gasteiger partial charge in [0.25, 0.3) is 0 Å². The largest absolute Gasteiger partial charge is 0.396 e. The van der Waals surface area contributed by atoms with Gasteiger partial charge in [-0.05, 0) is 24.7 Å². The maximum atomic E-state index is 13.6. The van der Waals surface area contributed by atoms with E-state index in [2.05, 4.69) is 10.2 Å². The highest BCUT2D eigenvalue weighted by molar-refractivity contribution is 5.88. The first kappa shape index (κ1) is 18.2. The Bertz CT molecular complexity index is 600. The molecule has 1 fully saturated rings. The molecule has 1 saturated heterocycles. The molecule has 3 N–H and O–H groups in total. The molecule has 0 saturated carbocycles. The molecule has 6 nitrogen and oxygen atoms in total. The van der Waals surface area contributed by atoms with Crippen molar-refractivity contribution in [1.29, 1.82) is 0 Å². The molecule has 1 aliphatic heterocycles. The van der Waals surface area contributed by atoms with Crippen molar-refractivity contribution in [3.8, 4) is 0 Å². The van der Waals surface area contributed by atoms with Crippen LogP contribution < -0.4 is 11.1 Å². The number of nitrogen functional groups attached to an aromatic ring is 1. The molecule has 2 rings (SSSR count). The Morgan fingerprint density at radius 2 is 1.96 bits per heavy atom. The first-order chi connectivity index (χ1) is 11.4. The van der Waals surface area contributed by atoms with E-state index in [0.717, 1.165) is 13.1 Å². The van der Waals surface area contributed by atoms with E-state index in [0.29, 0.717) is 25.1 Å². The highest BCUT2D eigenvalue weighted by Crippen LogP contribution is 2.15. The fourth-order valence-corrected chi connectivity index (χ4v) is 2.68. The van der Waals surface area contributed by atoms with Gasteiger partial charge in [0.2, 0.25) is 11.8 Å². The van der Waals surface area contributed by atoms with Gasteiger partial charge in [0.1, 0.15) is 11.9 Å². The molecule has 0 aromatic heterocycles. The van der Waals surface area contributed by atoms with Crippen LogP contribution in [0.2, 0.25) is 0 Å². The molecule has 7 heteroatoms. The van der Waals surface area contributed by atoms with Gasteiger partial charge in [-0.2, -0.15) is 0 Å². The van der Waals surface area contributed by atoms with Crippen molar-refractivity contribution in [2.45, 2.75) is 25.8 Å². The number of likely N-dealkylation sites (N-methyl/N-ethyl adjacent to an activating group) is 1. The van der Waals surface area contributed by atoms with Crippen LogP contribution in [0.4, 0.5) is 10.1 Å². The van der Waals surface area contributed by atoms with Gasteiger partial charge in [0, 0.05) is 39.0 Å². The highest BCUT2D eigenvalue weighted by Gasteiger charge is 2.28. The second kappa shape index (κ2) is 8.10. The molecule has 0 spiro atoms. The summed E-state index contributed by atoms with van der Waals surface area (Å²) in [5.74, 6) is -0.833. The molecule has 1 aliphatic rings. The Balaban J connectivity index is 2.12. The van der Waals surface area contributed by atoms with E-state index in [1.807, 2.05) is 7.05 Å². The van der Waals surface area contributed by atoms with Crippen molar-refractivity contribution in [2.75, 3.05) is 39.0 Å². The molecule has 24 heavy (non-hydrogen) atoms. The summed E-state index contributed by atoms with van der Waals surface area (Å²) in [6, 6.07) is 3.78. The molecular formula is C17H25FN4O2. The lowest BCUT2D eigenvalue weighted by molar-refractivity contribution is -0.137. The number of piperazine rings is 1. The lowest BCUT2D eigenvalue weighted by Crippen LogP contribution is -2.54. The second-order valence-electron chi connectivity index (χ2n) is 6.16. The van der Waals surface area contributed by atoms with E-state index in [1.165, 1.54) is 12.1 Å². The Hall–Kier alpha value is -2.15. The van der Waals surface area contributed by atoms with Crippen LogP contribution in [0, 0.1) is 5.82 Å². The third-order valence-corrected chi connectivity index (χ3v) is 4.27. The average molecular weight is 336 g/mol. The van der Waals surface area contributed by atoms with Gasteiger partial charge in [-0.15, -0.1) is 0 Å². The average Bonchev–Trinajstić information content (AvgIpc) is 2.57.